The second-order valence-corrected chi connectivity index (χ2v) is 5.44. The molecule has 116 valence electrons. The number of urea groups is 1. The summed E-state index contributed by atoms with van der Waals surface area (Å²) in [6.07, 6.45) is 0. The van der Waals surface area contributed by atoms with E-state index in [4.69, 9.17) is 9.15 Å². The van der Waals surface area contributed by atoms with Crippen molar-refractivity contribution >= 4 is 22.7 Å². The Morgan fingerprint density at radius 3 is 2.59 bits per heavy atom. The van der Waals surface area contributed by atoms with Crippen LogP contribution in [0.5, 0.6) is 0 Å². The summed E-state index contributed by atoms with van der Waals surface area (Å²) in [5, 5.41) is 3.75. The molecule has 1 aliphatic heterocycles. The quantitative estimate of drug-likeness (QED) is 0.820. The van der Waals surface area contributed by atoms with Crippen molar-refractivity contribution in [3.8, 4) is 0 Å². The van der Waals surface area contributed by atoms with Gasteiger partial charge < -0.3 is 19.4 Å². The van der Waals surface area contributed by atoms with E-state index < -0.39 is 0 Å². The lowest BCUT2D eigenvalue weighted by atomic mass is 10.1. The van der Waals surface area contributed by atoms with E-state index >= 15 is 0 Å². The number of aryl methyl sites for hydroxylation is 2. The van der Waals surface area contributed by atoms with Crippen molar-refractivity contribution in [1.82, 2.24) is 4.90 Å². The molecule has 0 spiro atoms. The Morgan fingerprint density at radius 2 is 1.86 bits per heavy atom. The summed E-state index contributed by atoms with van der Waals surface area (Å²) >= 11 is 0. The van der Waals surface area contributed by atoms with Crippen molar-refractivity contribution in [3.63, 3.8) is 0 Å². The molecule has 22 heavy (non-hydrogen) atoms. The minimum absolute atomic E-state index is 0.138. The summed E-state index contributed by atoms with van der Waals surface area (Å²) in [5.74, 6) is 0. The number of ether oxygens (including phenoxy) is 1. The van der Waals surface area contributed by atoms with Gasteiger partial charge in [-0.3, -0.25) is 0 Å². The molecule has 1 saturated heterocycles. The molecule has 0 radical (unpaired) electrons. The number of benzene rings is 1. The van der Waals surface area contributed by atoms with Crippen molar-refractivity contribution < 1.29 is 13.9 Å². The fourth-order valence-electron chi connectivity index (χ4n) is 2.56. The lowest BCUT2D eigenvalue weighted by Gasteiger charge is -2.27. The van der Waals surface area contributed by atoms with Gasteiger partial charge in [0.25, 0.3) is 0 Å². The number of anilines is 1. The topological polar surface area (TPSA) is 71.8 Å². The third-order valence-electron chi connectivity index (χ3n) is 3.84. The summed E-state index contributed by atoms with van der Waals surface area (Å²) in [6, 6.07) is 4.94. The lowest BCUT2D eigenvalue weighted by molar-refractivity contribution is 0.0564. The van der Waals surface area contributed by atoms with E-state index in [1.807, 2.05) is 19.9 Å². The first-order valence-corrected chi connectivity index (χ1v) is 7.23. The number of rotatable bonds is 1. The molecule has 2 heterocycles. The van der Waals surface area contributed by atoms with Gasteiger partial charge in [0.05, 0.1) is 13.2 Å². The Bertz CT molecular complexity index is 776. The molecule has 6 nitrogen and oxygen atoms in total. The fraction of sp³-hybridized carbons (Fsp3) is 0.375. The average molecular weight is 302 g/mol. The van der Waals surface area contributed by atoms with Gasteiger partial charge >= 0.3 is 11.7 Å². The molecule has 1 aromatic heterocycles. The van der Waals surface area contributed by atoms with Crippen LogP contribution in [-0.2, 0) is 4.74 Å². The highest BCUT2D eigenvalue weighted by Gasteiger charge is 2.18. The lowest BCUT2D eigenvalue weighted by Crippen LogP contribution is -2.43. The van der Waals surface area contributed by atoms with E-state index in [2.05, 4.69) is 5.32 Å². The van der Waals surface area contributed by atoms with E-state index in [0.717, 1.165) is 22.2 Å². The Hall–Kier alpha value is -2.34. The summed E-state index contributed by atoms with van der Waals surface area (Å²) < 4.78 is 10.4. The molecule has 1 aromatic carbocycles. The smallest absolute Gasteiger partial charge is 0.336 e. The van der Waals surface area contributed by atoms with Crippen LogP contribution in [0, 0.1) is 13.8 Å². The van der Waals surface area contributed by atoms with Crippen LogP contribution in [0.2, 0.25) is 0 Å². The van der Waals surface area contributed by atoms with E-state index in [9.17, 15) is 9.59 Å². The number of hydrogen-bond donors (Lipinski definition) is 1. The molecule has 1 N–H and O–H groups in total. The molecular weight excluding hydrogens is 284 g/mol. The van der Waals surface area contributed by atoms with Crippen LogP contribution in [-0.4, -0.2) is 37.2 Å². The Labute approximate surface area is 127 Å². The Morgan fingerprint density at radius 1 is 1.14 bits per heavy atom. The first kappa shape index (κ1) is 14.6. The zero-order valence-corrected chi connectivity index (χ0v) is 12.6. The predicted octanol–water partition coefficient (Wildman–Crippen LogP) is 2.27. The van der Waals surface area contributed by atoms with Crippen molar-refractivity contribution in [1.29, 1.82) is 0 Å². The summed E-state index contributed by atoms with van der Waals surface area (Å²) in [6.45, 7) is 6.03. The molecule has 3 rings (SSSR count). The van der Waals surface area contributed by atoms with Gasteiger partial charge in [0.15, 0.2) is 0 Å². The molecule has 2 aromatic rings. The first-order valence-electron chi connectivity index (χ1n) is 7.23. The molecule has 0 bridgehead atoms. The fourth-order valence-corrected chi connectivity index (χ4v) is 2.56. The van der Waals surface area contributed by atoms with Crippen LogP contribution in [0.4, 0.5) is 10.5 Å². The van der Waals surface area contributed by atoms with E-state index in [0.29, 0.717) is 31.9 Å². The number of hydrogen-bond acceptors (Lipinski definition) is 4. The zero-order chi connectivity index (χ0) is 15.7. The monoisotopic (exact) mass is 302 g/mol. The standard InChI is InChI=1S/C16H18N2O4/c1-10-8-15(19)22-14-7-11(2)13(9-12(10)14)17-16(20)18-3-5-21-6-4-18/h7-9H,3-6H2,1-2H3,(H,17,20). The maximum absolute atomic E-state index is 12.3. The number of nitrogens with one attached hydrogen (secondary N) is 1. The van der Waals surface area contributed by atoms with Crippen LogP contribution in [0.1, 0.15) is 11.1 Å². The minimum Gasteiger partial charge on any atom is -0.423 e. The molecule has 0 atom stereocenters. The van der Waals surface area contributed by atoms with E-state index in [-0.39, 0.29) is 11.7 Å². The zero-order valence-electron chi connectivity index (χ0n) is 12.6. The molecule has 0 aliphatic carbocycles. The second kappa shape index (κ2) is 5.81. The molecule has 1 fully saturated rings. The van der Waals surface area contributed by atoms with Crippen LogP contribution in [0.25, 0.3) is 11.0 Å². The van der Waals surface area contributed by atoms with Gasteiger partial charge in [-0.1, -0.05) is 0 Å². The summed E-state index contributed by atoms with van der Waals surface area (Å²) in [4.78, 5) is 25.4. The average Bonchev–Trinajstić information content (AvgIpc) is 2.49. The largest absolute Gasteiger partial charge is 0.423 e. The van der Waals surface area contributed by atoms with Gasteiger partial charge in [-0.2, -0.15) is 0 Å². The van der Waals surface area contributed by atoms with Gasteiger partial charge in [-0.05, 0) is 37.1 Å². The van der Waals surface area contributed by atoms with Crippen molar-refractivity contribution in [2.24, 2.45) is 0 Å². The maximum Gasteiger partial charge on any atom is 0.336 e. The van der Waals surface area contributed by atoms with E-state index in [1.54, 1.807) is 11.0 Å². The normalized spacial score (nSPS) is 15.1. The molecule has 2 amide bonds. The van der Waals surface area contributed by atoms with Gasteiger partial charge in [0, 0.05) is 30.2 Å². The molecule has 6 heteroatoms. The third kappa shape index (κ3) is 2.82. The molecule has 0 saturated carbocycles. The summed E-state index contributed by atoms with van der Waals surface area (Å²) in [7, 11) is 0. The van der Waals surface area contributed by atoms with Crippen LogP contribution >= 0.6 is 0 Å². The number of carbonyl (C=O) groups excluding carboxylic acids is 1. The maximum atomic E-state index is 12.3. The number of nitrogens with zero attached hydrogens (tertiary/aromatic N) is 1. The Kier molecular flexibility index (Phi) is 3.85. The third-order valence-corrected chi connectivity index (χ3v) is 3.84. The van der Waals surface area contributed by atoms with Gasteiger partial charge in [0.2, 0.25) is 0 Å². The van der Waals surface area contributed by atoms with Crippen molar-refractivity contribution in [2.75, 3.05) is 31.6 Å². The second-order valence-electron chi connectivity index (χ2n) is 5.44. The minimum atomic E-state index is -0.366. The van der Waals surface area contributed by atoms with Crippen LogP contribution in [0.15, 0.2) is 27.4 Å². The first-order chi connectivity index (χ1) is 10.5. The number of morpholine rings is 1. The van der Waals surface area contributed by atoms with Crippen LogP contribution < -0.4 is 10.9 Å². The predicted molar refractivity (Wildman–Crippen MR) is 83.4 cm³/mol. The van der Waals surface area contributed by atoms with Gasteiger partial charge in [0.1, 0.15) is 5.58 Å². The van der Waals surface area contributed by atoms with Crippen LogP contribution in [0.3, 0.4) is 0 Å². The van der Waals surface area contributed by atoms with Crippen molar-refractivity contribution in [3.05, 3.63) is 39.7 Å². The van der Waals surface area contributed by atoms with Crippen molar-refractivity contribution in [2.45, 2.75) is 13.8 Å². The highest BCUT2D eigenvalue weighted by Crippen LogP contribution is 2.25. The highest BCUT2D eigenvalue weighted by atomic mass is 16.5. The number of carbonyl (C=O) groups is 1. The van der Waals surface area contributed by atoms with Gasteiger partial charge in [-0.15, -0.1) is 0 Å². The molecule has 1 aliphatic rings. The number of amides is 2. The van der Waals surface area contributed by atoms with E-state index in [1.165, 1.54) is 6.07 Å². The number of fused-ring (bicyclic) bond motifs is 1. The van der Waals surface area contributed by atoms with Gasteiger partial charge in [-0.25, -0.2) is 9.59 Å². The Balaban J connectivity index is 1.91. The molecular formula is C16H18N2O4. The SMILES string of the molecule is Cc1cc2oc(=O)cc(C)c2cc1NC(=O)N1CCOCC1. The molecule has 0 unspecified atom stereocenters. The highest BCUT2D eigenvalue weighted by molar-refractivity contribution is 5.94. The summed E-state index contributed by atoms with van der Waals surface area (Å²) in [5.41, 5.74) is 2.57.